The topological polar surface area (TPSA) is 139 Å². The molecule has 4 rings (SSSR count). The molecule has 1 saturated heterocycles. The highest BCUT2D eigenvalue weighted by molar-refractivity contribution is 7.89. The lowest BCUT2D eigenvalue weighted by molar-refractivity contribution is -0.384. The number of sulfonamides is 2. The quantitative estimate of drug-likeness (QED) is 0.316. The molecule has 11 nitrogen and oxygen atoms in total. The van der Waals surface area contributed by atoms with Crippen molar-refractivity contribution in [2.45, 2.75) is 36.1 Å². The first-order valence-corrected chi connectivity index (χ1v) is 16.5. The lowest BCUT2D eigenvalue weighted by Crippen LogP contribution is -2.49. The number of aryl methyl sites for hydroxylation is 2. The van der Waals surface area contributed by atoms with Crippen LogP contribution in [0.1, 0.15) is 16.7 Å². The van der Waals surface area contributed by atoms with Gasteiger partial charge >= 0.3 is 0 Å². The number of benzene rings is 3. The number of rotatable bonds is 7. The highest BCUT2D eigenvalue weighted by Gasteiger charge is 2.31. The van der Waals surface area contributed by atoms with E-state index in [1.165, 1.54) is 20.7 Å². The molecule has 1 unspecified atom stereocenters. The summed E-state index contributed by atoms with van der Waals surface area (Å²) in [6.07, 6.45) is 0.392. The Morgan fingerprint density at radius 1 is 0.786 bits per heavy atom. The van der Waals surface area contributed by atoms with E-state index in [1.54, 1.807) is 60.7 Å². The number of hydrogen-bond donors (Lipinski definition) is 1. The molecule has 1 aliphatic rings. The zero-order valence-corrected chi connectivity index (χ0v) is 25.3. The summed E-state index contributed by atoms with van der Waals surface area (Å²) in [5.41, 5.74) is 2.60. The van der Waals surface area contributed by atoms with Crippen LogP contribution in [-0.2, 0) is 31.2 Å². The largest absolute Gasteiger partial charge is 0.379 e. The average Bonchev–Trinajstić information content (AvgIpc) is 2.95. The second-order valence-electron chi connectivity index (χ2n) is 10.3. The van der Waals surface area contributed by atoms with Crippen LogP contribution >= 0.6 is 0 Å². The average molecular weight is 617 g/mol. The van der Waals surface area contributed by atoms with Crippen molar-refractivity contribution in [1.82, 2.24) is 13.9 Å². The van der Waals surface area contributed by atoms with Crippen molar-refractivity contribution in [3.63, 3.8) is 0 Å². The summed E-state index contributed by atoms with van der Waals surface area (Å²) in [5.74, 6) is 0. The lowest BCUT2D eigenvalue weighted by Gasteiger charge is -2.31. The summed E-state index contributed by atoms with van der Waals surface area (Å²) >= 11 is 0. The smallest absolute Gasteiger partial charge is 0.269 e. The van der Waals surface area contributed by atoms with Gasteiger partial charge in [0.25, 0.3) is 5.69 Å². The molecule has 0 spiro atoms. The summed E-state index contributed by atoms with van der Waals surface area (Å²) in [6, 6.07) is 18.9. The molecule has 0 aliphatic carbocycles. The number of ether oxygens (including phenoxy) is 1. The Kier molecular flexibility index (Phi) is 10.5. The van der Waals surface area contributed by atoms with Gasteiger partial charge in [0.05, 0.1) is 27.9 Å². The molecule has 0 bridgehead atoms. The Balaban J connectivity index is 1.66. The highest BCUT2D eigenvalue weighted by atomic mass is 32.2. The molecule has 3 aromatic carbocycles. The Morgan fingerprint density at radius 3 is 1.86 bits per heavy atom. The van der Waals surface area contributed by atoms with E-state index in [0.29, 0.717) is 19.6 Å². The molecule has 0 amide bonds. The molecule has 1 N–H and O–H groups in total. The minimum Gasteiger partial charge on any atom is -0.379 e. The van der Waals surface area contributed by atoms with Crippen LogP contribution in [0.3, 0.4) is 0 Å². The molecule has 1 atom stereocenters. The molecule has 13 heteroatoms. The van der Waals surface area contributed by atoms with Gasteiger partial charge in [-0.3, -0.25) is 10.1 Å². The first kappa shape index (κ1) is 31.7. The minimum atomic E-state index is -4.00. The summed E-state index contributed by atoms with van der Waals surface area (Å²) < 4.78 is 63.4. The van der Waals surface area contributed by atoms with Gasteiger partial charge in [-0.2, -0.15) is 8.61 Å². The van der Waals surface area contributed by atoms with Gasteiger partial charge in [0, 0.05) is 50.9 Å². The van der Waals surface area contributed by atoms with Crippen molar-refractivity contribution >= 4 is 25.7 Å². The van der Waals surface area contributed by atoms with Crippen LogP contribution in [-0.4, -0.2) is 82.3 Å². The zero-order chi connectivity index (χ0) is 30.3. The number of nitro groups is 1. The first-order valence-electron chi connectivity index (χ1n) is 13.6. The van der Waals surface area contributed by atoms with Gasteiger partial charge in [-0.05, 0) is 50.1 Å². The molecule has 0 radical (unpaired) electrons. The number of hydrogen-bond acceptors (Lipinski definition) is 8. The Morgan fingerprint density at radius 2 is 1.31 bits per heavy atom. The maximum Gasteiger partial charge on any atom is 0.269 e. The Bertz CT molecular complexity index is 1560. The number of nitro benzene ring substituents is 1. The van der Waals surface area contributed by atoms with Crippen molar-refractivity contribution in [2.24, 2.45) is 0 Å². The zero-order valence-electron chi connectivity index (χ0n) is 23.7. The fraction of sp³-hybridized carbons (Fsp3) is 0.379. The van der Waals surface area contributed by atoms with E-state index in [0.717, 1.165) is 16.7 Å². The van der Waals surface area contributed by atoms with E-state index in [4.69, 9.17) is 4.74 Å². The van der Waals surface area contributed by atoms with E-state index in [9.17, 15) is 26.9 Å². The highest BCUT2D eigenvalue weighted by Crippen LogP contribution is 2.21. The van der Waals surface area contributed by atoms with Crippen LogP contribution in [0.25, 0.3) is 0 Å². The summed E-state index contributed by atoms with van der Waals surface area (Å²) in [5, 5.41) is 14.4. The van der Waals surface area contributed by atoms with Crippen LogP contribution in [0.4, 0.5) is 5.69 Å². The normalized spacial score (nSPS) is 18.6. The van der Waals surface area contributed by atoms with Gasteiger partial charge in [-0.25, -0.2) is 16.8 Å². The molecule has 1 fully saturated rings. The van der Waals surface area contributed by atoms with Crippen molar-refractivity contribution in [2.75, 3.05) is 45.9 Å². The molecule has 42 heavy (non-hydrogen) atoms. The van der Waals surface area contributed by atoms with Crippen LogP contribution in [0, 0.1) is 24.0 Å². The van der Waals surface area contributed by atoms with Gasteiger partial charge < -0.3 is 10.1 Å². The monoisotopic (exact) mass is 616 g/mol. The van der Waals surface area contributed by atoms with E-state index in [1.807, 2.05) is 13.8 Å². The third-order valence-electron chi connectivity index (χ3n) is 7.13. The van der Waals surface area contributed by atoms with E-state index >= 15 is 0 Å². The number of non-ortho nitro benzene ring substituents is 1. The summed E-state index contributed by atoms with van der Waals surface area (Å²) in [4.78, 5) is 10.9. The molecule has 3 aromatic rings. The van der Waals surface area contributed by atoms with E-state index < -0.39 is 25.0 Å². The van der Waals surface area contributed by atoms with Crippen LogP contribution in [0.5, 0.6) is 0 Å². The van der Waals surface area contributed by atoms with Gasteiger partial charge in [0.2, 0.25) is 20.0 Å². The SMILES string of the molecule is Cc1ccc(S(=O)(=O)N2CCOCCNC(Cc3ccc([N+](=O)[O-])cc3)CN(S(=O)(=O)c3ccc(C)cc3)CC2)cc1. The van der Waals surface area contributed by atoms with Crippen molar-refractivity contribution in [3.8, 4) is 0 Å². The van der Waals surface area contributed by atoms with E-state index in [2.05, 4.69) is 5.32 Å². The predicted molar refractivity (Wildman–Crippen MR) is 159 cm³/mol. The van der Waals surface area contributed by atoms with Crippen LogP contribution in [0.15, 0.2) is 82.6 Å². The van der Waals surface area contributed by atoms with Crippen LogP contribution < -0.4 is 5.32 Å². The fourth-order valence-corrected chi connectivity index (χ4v) is 7.58. The van der Waals surface area contributed by atoms with Gasteiger partial charge in [-0.15, -0.1) is 0 Å². The van der Waals surface area contributed by atoms with Gasteiger partial charge in [0.15, 0.2) is 0 Å². The molecular formula is C29H36N4O7S2. The molecular weight excluding hydrogens is 580 g/mol. The predicted octanol–water partition coefficient (Wildman–Crippen LogP) is 3.12. The van der Waals surface area contributed by atoms with Crippen molar-refractivity contribution in [3.05, 3.63) is 99.6 Å². The number of nitrogens with one attached hydrogen (secondary N) is 1. The maximum absolute atomic E-state index is 13.9. The van der Waals surface area contributed by atoms with E-state index in [-0.39, 0.29) is 54.3 Å². The van der Waals surface area contributed by atoms with Crippen LogP contribution in [0.2, 0.25) is 0 Å². The first-order chi connectivity index (χ1) is 20.0. The maximum atomic E-state index is 13.9. The number of nitrogens with zero attached hydrogens (tertiary/aromatic N) is 3. The summed E-state index contributed by atoms with van der Waals surface area (Å²) in [6.45, 7) is 4.54. The molecule has 0 aromatic heterocycles. The summed E-state index contributed by atoms with van der Waals surface area (Å²) in [7, 11) is -7.92. The molecule has 1 aliphatic heterocycles. The Labute approximate surface area is 247 Å². The standard InChI is InChI=1S/C29H36N4O7S2/c1-23-3-11-28(12-4-23)41(36,37)31-16-17-32(42(38,39)29-13-5-24(2)6-14-29)22-26(30-15-19-40-20-18-31)21-25-7-9-27(10-8-25)33(34)35/h3-14,26,30H,15-22H2,1-2H3. The molecule has 0 saturated carbocycles. The lowest BCUT2D eigenvalue weighted by atomic mass is 10.1. The third kappa shape index (κ3) is 8.00. The van der Waals surface area contributed by atoms with Crippen molar-refractivity contribution < 1.29 is 26.5 Å². The second-order valence-corrected chi connectivity index (χ2v) is 14.2. The fourth-order valence-electron chi connectivity index (χ4n) is 4.69. The molecule has 1 heterocycles. The molecule has 226 valence electrons. The minimum absolute atomic E-state index is 0.0303. The van der Waals surface area contributed by atoms with Crippen molar-refractivity contribution in [1.29, 1.82) is 0 Å². The second kappa shape index (κ2) is 13.8. The Hall–Kier alpha value is -3.20. The van der Waals surface area contributed by atoms with Gasteiger partial charge in [-0.1, -0.05) is 47.5 Å². The third-order valence-corrected chi connectivity index (χ3v) is 10.9. The van der Waals surface area contributed by atoms with Gasteiger partial charge in [0.1, 0.15) is 0 Å².